The summed E-state index contributed by atoms with van der Waals surface area (Å²) < 4.78 is 5.41. The lowest BCUT2D eigenvalue weighted by Crippen LogP contribution is -1.99. The van der Waals surface area contributed by atoms with Gasteiger partial charge in [-0.3, -0.25) is 4.98 Å². The van der Waals surface area contributed by atoms with Crippen molar-refractivity contribution in [2.45, 2.75) is 0 Å². The maximum Gasteiger partial charge on any atom is 0.198 e. The van der Waals surface area contributed by atoms with Gasteiger partial charge in [0.2, 0.25) is 0 Å². The molecule has 3 heterocycles. The van der Waals surface area contributed by atoms with Crippen LogP contribution in [0.1, 0.15) is 0 Å². The van der Waals surface area contributed by atoms with Crippen molar-refractivity contribution in [1.82, 2.24) is 15.0 Å². The van der Waals surface area contributed by atoms with Crippen LogP contribution in [0.3, 0.4) is 0 Å². The zero-order valence-corrected chi connectivity index (χ0v) is 11.6. The van der Waals surface area contributed by atoms with E-state index in [9.17, 15) is 0 Å². The average molecular weight is 288 g/mol. The Morgan fingerprint density at radius 2 is 1.86 bits per heavy atom. The standard InChI is InChI=1S/C17H12N4O/c1-2-7-14-13(6-1)16(19-12-5-3-9-18-11-12)21-17(20-14)15-8-4-10-22-15/h1-11H,(H,19,20,21). The summed E-state index contributed by atoms with van der Waals surface area (Å²) in [4.78, 5) is 13.3. The van der Waals surface area contributed by atoms with Gasteiger partial charge in [0.15, 0.2) is 11.6 Å². The molecule has 0 fully saturated rings. The summed E-state index contributed by atoms with van der Waals surface area (Å²) in [5.74, 6) is 1.92. The molecule has 1 N–H and O–H groups in total. The Bertz CT molecular complexity index is 905. The van der Waals surface area contributed by atoms with E-state index in [1.807, 2.05) is 48.5 Å². The van der Waals surface area contributed by atoms with E-state index in [2.05, 4.69) is 20.3 Å². The molecular weight excluding hydrogens is 276 g/mol. The molecule has 106 valence electrons. The molecule has 0 aliphatic rings. The van der Waals surface area contributed by atoms with Crippen LogP contribution in [0.4, 0.5) is 11.5 Å². The van der Waals surface area contributed by atoms with Crippen LogP contribution in [0.2, 0.25) is 0 Å². The summed E-state index contributed by atoms with van der Waals surface area (Å²) >= 11 is 0. The molecule has 0 atom stereocenters. The first-order valence-electron chi connectivity index (χ1n) is 6.88. The number of pyridine rings is 1. The normalized spacial score (nSPS) is 10.7. The Hall–Kier alpha value is -3.21. The predicted molar refractivity (Wildman–Crippen MR) is 84.8 cm³/mol. The quantitative estimate of drug-likeness (QED) is 0.616. The molecule has 1 aromatic carbocycles. The highest BCUT2D eigenvalue weighted by atomic mass is 16.3. The highest BCUT2D eigenvalue weighted by molar-refractivity contribution is 5.91. The number of furan rings is 1. The number of rotatable bonds is 3. The van der Waals surface area contributed by atoms with Crippen LogP contribution in [0.5, 0.6) is 0 Å². The van der Waals surface area contributed by atoms with Crippen molar-refractivity contribution in [2.24, 2.45) is 0 Å². The number of anilines is 2. The van der Waals surface area contributed by atoms with Crippen LogP contribution in [0.15, 0.2) is 71.6 Å². The minimum Gasteiger partial charge on any atom is -0.461 e. The second-order valence-corrected chi connectivity index (χ2v) is 4.76. The molecule has 0 saturated carbocycles. The third kappa shape index (κ3) is 2.29. The minimum atomic E-state index is 0.551. The molecule has 4 aromatic rings. The van der Waals surface area contributed by atoms with Crippen molar-refractivity contribution in [3.05, 3.63) is 67.2 Å². The summed E-state index contributed by atoms with van der Waals surface area (Å²) in [5.41, 5.74) is 1.73. The van der Waals surface area contributed by atoms with Gasteiger partial charge in [-0.15, -0.1) is 0 Å². The number of nitrogens with zero attached hydrogens (tertiary/aromatic N) is 3. The van der Waals surface area contributed by atoms with Crippen molar-refractivity contribution in [3.63, 3.8) is 0 Å². The molecule has 0 radical (unpaired) electrons. The summed E-state index contributed by atoms with van der Waals surface area (Å²) in [5, 5.41) is 4.24. The molecule has 0 aliphatic carbocycles. The SMILES string of the molecule is c1cncc(Nc2nc(-c3ccco3)nc3ccccc23)c1. The fraction of sp³-hybridized carbons (Fsp3) is 0. The van der Waals surface area contributed by atoms with Crippen molar-refractivity contribution >= 4 is 22.4 Å². The van der Waals surface area contributed by atoms with E-state index >= 15 is 0 Å². The summed E-state index contributed by atoms with van der Waals surface area (Å²) in [6.07, 6.45) is 5.10. The van der Waals surface area contributed by atoms with Crippen LogP contribution < -0.4 is 5.32 Å². The fourth-order valence-electron chi connectivity index (χ4n) is 2.26. The highest BCUT2D eigenvalue weighted by Crippen LogP contribution is 2.27. The monoisotopic (exact) mass is 288 g/mol. The largest absolute Gasteiger partial charge is 0.461 e. The average Bonchev–Trinajstić information content (AvgIpc) is 3.10. The van der Waals surface area contributed by atoms with Gasteiger partial charge in [0.1, 0.15) is 5.82 Å². The van der Waals surface area contributed by atoms with Crippen molar-refractivity contribution in [3.8, 4) is 11.6 Å². The first-order valence-corrected chi connectivity index (χ1v) is 6.88. The van der Waals surface area contributed by atoms with E-state index < -0.39 is 0 Å². The number of hydrogen-bond donors (Lipinski definition) is 1. The van der Waals surface area contributed by atoms with Gasteiger partial charge < -0.3 is 9.73 Å². The summed E-state index contributed by atoms with van der Waals surface area (Å²) in [6, 6.07) is 15.3. The van der Waals surface area contributed by atoms with Crippen LogP contribution in [0.25, 0.3) is 22.5 Å². The van der Waals surface area contributed by atoms with E-state index in [1.165, 1.54) is 0 Å². The van der Waals surface area contributed by atoms with Crippen molar-refractivity contribution in [2.75, 3.05) is 5.32 Å². The molecular formula is C17H12N4O. The van der Waals surface area contributed by atoms with Gasteiger partial charge in [0.25, 0.3) is 0 Å². The Kier molecular flexibility index (Phi) is 3.01. The topological polar surface area (TPSA) is 63.8 Å². The fourth-order valence-corrected chi connectivity index (χ4v) is 2.26. The third-order valence-electron chi connectivity index (χ3n) is 3.27. The van der Waals surface area contributed by atoms with Gasteiger partial charge in [-0.25, -0.2) is 9.97 Å². The van der Waals surface area contributed by atoms with Gasteiger partial charge in [-0.05, 0) is 36.4 Å². The highest BCUT2D eigenvalue weighted by Gasteiger charge is 2.11. The number of nitrogens with one attached hydrogen (secondary N) is 1. The molecule has 5 nitrogen and oxygen atoms in total. The zero-order chi connectivity index (χ0) is 14.8. The zero-order valence-electron chi connectivity index (χ0n) is 11.6. The van der Waals surface area contributed by atoms with Crippen LogP contribution in [0, 0.1) is 0 Å². The van der Waals surface area contributed by atoms with Gasteiger partial charge in [0, 0.05) is 11.6 Å². The Morgan fingerprint density at radius 3 is 2.68 bits per heavy atom. The smallest absolute Gasteiger partial charge is 0.198 e. The molecule has 0 saturated heterocycles. The molecule has 0 spiro atoms. The van der Waals surface area contributed by atoms with E-state index in [0.717, 1.165) is 22.4 Å². The second-order valence-electron chi connectivity index (χ2n) is 4.76. The molecule has 5 heteroatoms. The number of hydrogen-bond acceptors (Lipinski definition) is 5. The second kappa shape index (κ2) is 5.29. The summed E-state index contributed by atoms with van der Waals surface area (Å²) in [7, 11) is 0. The van der Waals surface area contributed by atoms with Crippen molar-refractivity contribution < 1.29 is 4.42 Å². The third-order valence-corrected chi connectivity index (χ3v) is 3.27. The Balaban J connectivity index is 1.88. The number of aromatic nitrogens is 3. The van der Waals surface area contributed by atoms with E-state index in [4.69, 9.17) is 4.42 Å². The first-order chi connectivity index (χ1) is 10.9. The van der Waals surface area contributed by atoms with Crippen LogP contribution >= 0.6 is 0 Å². The lowest BCUT2D eigenvalue weighted by molar-refractivity contribution is 0.577. The van der Waals surface area contributed by atoms with Crippen LogP contribution in [-0.2, 0) is 0 Å². The van der Waals surface area contributed by atoms with Gasteiger partial charge in [-0.2, -0.15) is 0 Å². The Labute approximate surface area is 126 Å². The van der Waals surface area contributed by atoms with E-state index in [0.29, 0.717) is 11.6 Å². The lowest BCUT2D eigenvalue weighted by atomic mass is 10.2. The van der Waals surface area contributed by atoms with Crippen LogP contribution in [-0.4, -0.2) is 15.0 Å². The maximum atomic E-state index is 5.41. The van der Waals surface area contributed by atoms with Gasteiger partial charge in [0.05, 0.1) is 23.7 Å². The predicted octanol–water partition coefficient (Wildman–Crippen LogP) is 4.03. The van der Waals surface area contributed by atoms with Crippen molar-refractivity contribution in [1.29, 1.82) is 0 Å². The number of para-hydroxylation sites is 1. The number of benzene rings is 1. The Morgan fingerprint density at radius 1 is 0.909 bits per heavy atom. The minimum absolute atomic E-state index is 0.551. The maximum absolute atomic E-state index is 5.41. The number of fused-ring (bicyclic) bond motifs is 1. The van der Waals surface area contributed by atoms with E-state index in [-0.39, 0.29) is 0 Å². The molecule has 0 bridgehead atoms. The first kappa shape index (κ1) is 12.5. The molecule has 22 heavy (non-hydrogen) atoms. The molecule has 3 aromatic heterocycles. The molecule has 4 rings (SSSR count). The lowest BCUT2D eigenvalue weighted by Gasteiger charge is -2.09. The van der Waals surface area contributed by atoms with Gasteiger partial charge >= 0.3 is 0 Å². The molecule has 0 unspecified atom stereocenters. The molecule has 0 aliphatic heterocycles. The molecule has 0 amide bonds. The summed E-state index contributed by atoms with van der Waals surface area (Å²) in [6.45, 7) is 0. The van der Waals surface area contributed by atoms with E-state index in [1.54, 1.807) is 18.7 Å². The van der Waals surface area contributed by atoms with Gasteiger partial charge in [-0.1, -0.05) is 12.1 Å².